The molecule has 84 valence electrons. The second-order valence-corrected chi connectivity index (χ2v) is 4.72. The van der Waals surface area contributed by atoms with Crippen LogP contribution in [0.2, 0.25) is 0 Å². The van der Waals surface area contributed by atoms with Gasteiger partial charge in [-0.2, -0.15) is 5.26 Å². The highest BCUT2D eigenvalue weighted by Gasteiger charge is 2.16. The molecule has 1 aliphatic heterocycles. The second kappa shape index (κ2) is 4.57. The van der Waals surface area contributed by atoms with E-state index in [1.165, 1.54) is 11.1 Å². The Hall–Kier alpha value is -1.49. The minimum absolute atomic E-state index is 0.111. The number of ether oxygens (including phenoxy) is 1. The topological polar surface area (TPSA) is 33.0 Å². The molecule has 2 rings (SSSR count). The van der Waals surface area contributed by atoms with Gasteiger partial charge in [0.15, 0.2) is 0 Å². The van der Waals surface area contributed by atoms with Crippen LogP contribution in [0, 0.1) is 23.2 Å². The first-order chi connectivity index (χ1) is 7.70. The van der Waals surface area contributed by atoms with Crippen molar-refractivity contribution in [2.45, 2.75) is 26.7 Å². The summed E-state index contributed by atoms with van der Waals surface area (Å²) in [7, 11) is 0. The van der Waals surface area contributed by atoms with Crippen LogP contribution < -0.4 is 4.74 Å². The molecular formula is C14H17NO. The quantitative estimate of drug-likeness (QED) is 0.776. The van der Waals surface area contributed by atoms with E-state index in [0.717, 1.165) is 25.2 Å². The number of hydrogen-bond donors (Lipinski definition) is 0. The van der Waals surface area contributed by atoms with Crippen molar-refractivity contribution in [1.29, 1.82) is 5.26 Å². The number of fused-ring (bicyclic) bond motifs is 1. The van der Waals surface area contributed by atoms with Crippen LogP contribution in [-0.2, 0) is 12.8 Å². The van der Waals surface area contributed by atoms with Gasteiger partial charge in [0.2, 0.25) is 0 Å². The lowest BCUT2D eigenvalue weighted by Gasteiger charge is -2.13. The largest absolute Gasteiger partial charge is 0.493 e. The minimum Gasteiger partial charge on any atom is -0.493 e. The lowest BCUT2D eigenvalue weighted by molar-refractivity contribution is 0.357. The van der Waals surface area contributed by atoms with E-state index in [1.807, 2.05) is 6.07 Å². The summed E-state index contributed by atoms with van der Waals surface area (Å²) in [6.45, 7) is 5.00. The zero-order valence-electron chi connectivity index (χ0n) is 9.86. The summed E-state index contributed by atoms with van der Waals surface area (Å²) in [6.07, 6.45) is 1.85. The van der Waals surface area contributed by atoms with Gasteiger partial charge in [0, 0.05) is 6.42 Å². The van der Waals surface area contributed by atoms with Gasteiger partial charge < -0.3 is 4.74 Å². The average molecular weight is 215 g/mol. The zero-order valence-corrected chi connectivity index (χ0v) is 9.86. The van der Waals surface area contributed by atoms with Gasteiger partial charge in [0.25, 0.3) is 0 Å². The van der Waals surface area contributed by atoms with Gasteiger partial charge >= 0.3 is 0 Å². The Morgan fingerprint density at radius 1 is 1.44 bits per heavy atom. The molecule has 0 aromatic heterocycles. The van der Waals surface area contributed by atoms with Crippen LogP contribution in [0.3, 0.4) is 0 Å². The van der Waals surface area contributed by atoms with Crippen molar-refractivity contribution in [3.63, 3.8) is 0 Å². The van der Waals surface area contributed by atoms with Crippen molar-refractivity contribution in [2.75, 3.05) is 6.61 Å². The van der Waals surface area contributed by atoms with Crippen molar-refractivity contribution in [1.82, 2.24) is 0 Å². The molecule has 1 aliphatic rings. The summed E-state index contributed by atoms with van der Waals surface area (Å²) < 4.78 is 5.47. The van der Waals surface area contributed by atoms with Crippen LogP contribution in [0.25, 0.3) is 0 Å². The van der Waals surface area contributed by atoms with Gasteiger partial charge in [0.1, 0.15) is 5.75 Å². The third kappa shape index (κ3) is 2.19. The molecule has 0 aliphatic carbocycles. The predicted octanol–water partition coefficient (Wildman–Crippen LogP) is 2.96. The lowest BCUT2D eigenvalue weighted by atomic mass is 9.90. The van der Waals surface area contributed by atoms with Crippen LogP contribution in [0.5, 0.6) is 5.75 Å². The van der Waals surface area contributed by atoms with E-state index < -0.39 is 0 Å². The Labute approximate surface area is 96.9 Å². The maximum absolute atomic E-state index is 9.08. The van der Waals surface area contributed by atoms with Crippen LogP contribution in [-0.4, -0.2) is 6.61 Å². The Bertz CT molecular complexity index is 417. The van der Waals surface area contributed by atoms with Gasteiger partial charge in [-0.3, -0.25) is 0 Å². The molecule has 1 aromatic carbocycles. The first kappa shape index (κ1) is 11.0. The second-order valence-electron chi connectivity index (χ2n) is 4.72. The van der Waals surface area contributed by atoms with Gasteiger partial charge in [-0.25, -0.2) is 0 Å². The van der Waals surface area contributed by atoms with Crippen molar-refractivity contribution < 1.29 is 4.74 Å². The standard InChI is InChI=1S/C14H17NO/c1-10(2)13(9-15)8-11-3-4-14-12(7-11)5-6-16-14/h3-4,7,10,13H,5-6,8H2,1-2H3. The highest BCUT2D eigenvalue weighted by atomic mass is 16.5. The van der Waals surface area contributed by atoms with E-state index >= 15 is 0 Å². The average Bonchev–Trinajstić information content (AvgIpc) is 2.72. The predicted molar refractivity (Wildman–Crippen MR) is 63.3 cm³/mol. The molecule has 2 nitrogen and oxygen atoms in total. The zero-order chi connectivity index (χ0) is 11.5. The maximum Gasteiger partial charge on any atom is 0.122 e. The highest BCUT2D eigenvalue weighted by Crippen LogP contribution is 2.27. The fraction of sp³-hybridized carbons (Fsp3) is 0.500. The van der Waals surface area contributed by atoms with E-state index in [0.29, 0.717) is 5.92 Å². The van der Waals surface area contributed by atoms with E-state index in [2.05, 4.69) is 32.0 Å². The molecule has 0 saturated carbocycles. The van der Waals surface area contributed by atoms with Gasteiger partial charge in [0.05, 0.1) is 18.6 Å². The number of benzene rings is 1. The molecule has 1 heterocycles. The summed E-state index contributed by atoms with van der Waals surface area (Å²) in [5, 5.41) is 9.08. The summed E-state index contributed by atoms with van der Waals surface area (Å²) in [5.41, 5.74) is 2.54. The molecule has 0 amide bonds. The number of nitrogens with zero attached hydrogens (tertiary/aromatic N) is 1. The Morgan fingerprint density at radius 3 is 2.94 bits per heavy atom. The summed E-state index contributed by atoms with van der Waals surface area (Å²) >= 11 is 0. The number of nitriles is 1. The molecule has 16 heavy (non-hydrogen) atoms. The van der Waals surface area contributed by atoms with Crippen LogP contribution in [0.15, 0.2) is 18.2 Å². The van der Waals surface area contributed by atoms with E-state index in [-0.39, 0.29) is 5.92 Å². The van der Waals surface area contributed by atoms with Crippen LogP contribution in [0.4, 0.5) is 0 Å². The van der Waals surface area contributed by atoms with Gasteiger partial charge in [-0.1, -0.05) is 26.0 Å². The van der Waals surface area contributed by atoms with Crippen molar-refractivity contribution in [3.8, 4) is 11.8 Å². The Kier molecular flexibility index (Phi) is 3.14. The molecule has 0 N–H and O–H groups in total. The Balaban J connectivity index is 2.14. The van der Waals surface area contributed by atoms with Crippen molar-refractivity contribution in [2.24, 2.45) is 11.8 Å². The van der Waals surface area contributed by atoms with E-state index in [1.54, 1.807) is 0 Å². The smallest absolute Gasteiger partial charge is 0.122 e. The van der Waals surface area contributed by atoms with Crippen LogP contribution >= 0.6 is 0 Å². The molecule has 1 aromatic rings. The molecule has 0 spiro atoms. The monoisotopic (exact) mass is 215 g/mol. The summed E-state index contributed by atoms with van der Waals surface area (Å²) in [4.78, 5) is 0. The summed E-state index contributed by atoms with van der Waals surface area (Å²) in [5.74, 6) is 1.54. The maximum atomic E-state index is 9.08. The third-order valence-electron chi connectivity index (χ3n) is 3.18. The van der Waals surface area contributed by atoms with Gasteiger partial charge in [-0.05, 0) is 29.5 Å². The number of hydrogen-bond acceptors (Lipinski definition) is 2. The van der Waals surface area contributed by atoms with Crippen molar-refractivity contribution >= 4 is 0 Å². The lowest BCUT2D eigenvalue weighted by Crippen LogP contribution is -2.09. The highest BCUT2D eigenvalue weighted by molar-refractivity contribution is 5.40. The first-order valence-corrected chi connectivity index (χ1v) is 5.85. The summed E-state index contributed by atoms with van der Waals surface area (Å²) in [6, 6.07) is 8.69. The SMILES string of the molecule is CC(C)C(C#N)Cc1ccc2c(c1)CCO2. The molecule has 0 radical (unpaired) electrons. The molecule has 1 unspecified atom stereocenters. The number of rotatable bonds is 3. The third-order valence-corrected chi connectivity index (χ3v) is 3.18. The molecule has 0 fully saturated rings. The minimum atomic E-state index is 0.111. The Morgan fingerprint density at radius 2 is 2.25 bits per heavy atom. The van der Waals surface area contributed by atoms with E-state index in [9.17, 15) is 0 Å². The fourth-order valence-corrected chi connectivity index (χ4v) is 2.05. The fourth-order valence-electron chi connectivity index (χ4n) is 2.05. The first-order valence-electron chi connectivity index (χ1n) is 5.85. The van der Waals surface area contributed by atoms with Gasteiger partial charge in [-0.15, -0.1) is 0 Å². The molecule has 0 bridgehead atoms. The molecule has 1 atom stereocenters. The normalized spacial score (nSPS) is 15.4. The van der Waals surface area contributed by atoms with Crippen LogP contribution in [0.1, 0.15) is 25.0 Å². The molecule has 0 saturated heterocycles. The van der Waals surface area contributed by atoms with E-state index in [4.69, 9.17) is 10.00 Å². The van der Waals surface area contributed by atoms with Crippen molar-refractivity contribution in [3.05, 3.63) is 29.3 Å². The molecule has 2 heteroatoms. The molecular weight excluding hydrogens is 198 g/mol.